The highest BCUT2D eigenvalue weighted by molar-refractivity contribution is 8.16. The van der Waals surface area contributed by atoms with E-state index in [1.807, 2.05) is 43.3 Å². The molecule has 0 spiro atoms. The van der Waals surface area contributed by atoms with Crippen molar-refractivity contribution in [3.63, 3.8) is 0 Å². The number of hydrogen-bond acceptors (Lipinski definition) is 7. The summed E-state index contributed by atoms with van der Waals surface area (Å²) in [4.78, 5) is 39.6. The molecule has 1 aromatic carbocycles. The van der Waals surface area contributed by atoms with Crippen molar-refractivity contribution in [2.45, 2.75) is 51.4 Å². The first kappa shape index (κ1) is 23.8. The lowest BCUT2D eigenvalue weighted by Crippen LogP contribution is -2.35. The molecule has 0 saturated carbocycles. The number of nitrogens with zero attached hydrogens (tertiary/aromatic N) is 1. The summed E-state index contributed by atoms with van der Waals surface area (Å²) in [5, 5.41) is 2.04. The van der Waals surface area contributed by atoms with Gasteiger partial charge >= 0.3 is 5.97 Å². The number of esters is 1. The number of ether oxygens (including phenoxy) is 2. The lowest BCUT2D eigenvalue weighted by atomic mass is 9.99. The normalized spacial score (nSPS) is 19.0. The minimum absolute atomic E-state index is 0.163. The molecule has 1 N–H and O–H groups in total. The third kappa shape index (κ3) is 6.09. The Bertz CT molecular complexity index is 975. The average molecular weight is 457 g/mol. The van der Waals surface area contributed by atoms with Crippen molar-refractivity contribution < 1.29 is 23.9 Å². The number of imide groups is 1. The van der Waals surface area contributed by atoms with Gasteiger partial charge in [-0.1, -0.05) is 32.0 Å². The molecule has 170 valence electrons. The Morgan fingerprint density at radius 3 is 2.41 bits per heavy atom. The molecular weight excluding hydrogens is 428 g/mol. The monoisotopic (exact) mass is 456 g/mol. The van der Waals surface area contributed by atoms with E-state index in [0.29, 0.717) is 19.4 Å². The molecule has 1 aromatic heterocycles. The topological polar surface area (TPSA) is 94.6 Å². The first-order valence-electron chi connectivity index (χ1n) is 10.6. The van der Waals surface area contributed by atoms with Crippen LogP contribution in [-0.4, -0.2) is 33.5 Å². The molecule has 1 aliphatic heterocycles. The molecule has 1 aliphatic rings. The van der Waals surface area contributed by atoms with Crippen molar-refractivity contribution in [3.05, 3.63) is 59.4 Å². The first-order valence-corrected chi connectivity index (χ1v) is 11.4. The Balaban J connectivity index is 1.47. The lowest BCUT2D eigenvalue weighted by molar-refractivity contribution is -0.152. The van der Waals surface area contributed by atoms with Gasteiger partial charge in [0, 0.05) is 23.9 Å². The average Bonchev–Trinajstić information content (AvgIpc) is 3.00. The van der Waals surface area contributed by atoms with Crippen molar-refractivity contribution >= 4 is 28.9 Å². The van der Waals surface area contributed by atoms with Crippen LogP contribution in [0.25, 0.3) is 0 Å². The van der Waals surface area contributed by atoms with Crippen LogP contribution >= 0.6 is 11.8 Å². The van der Waals surface area contributed by atoms with Crippen molar-refractivity contribution in [1.29, 1.82) is 0 Å². The molecule has 1 fully saturated rings. The van der Waals surface area contributed by atoms with Gasteiger partial charge in [0.2, 0.25) is 5.91 Å². The maximum atomic E-state index is 12.0. The fraction of sp³-hybridized carbons (Fsp3) is 0.417. The van der Waals surface area contributed by atoms with Crippen LogP contribution in [0.4, 0.5) is 4.79 Å². The molecule has 0 aliphatic carbocycles. The van der Waals surface area contributed by atoms with E-state index in [0.717, 1.165) is 34.3 Å². The standard InChI is InChI=1S/C24H28N2O5S/c1-15(2)21(27)31-16(3)18-7-8-19(25-14-18)11-12-30-20-9-5-17(6-10-20)13-24(4)22(28)26-23(29)32-24/h5-10,14-16H,11-13H2,1-4H3,(H,26,28,29)/t16-,24?/m0/s1. The number of benzene rings is 1. The minimum atomic E-state index is -0.776. The fourth-order valence-electron chi connectivity index (χ4n) is 3.19. The van der Waals surface area contributed by atoms with Crippen LogP contribution in [0.1, 0.15) is 50.6 Å². The largest absolute Gasteiger partial charge is 0.493 e. The number of nitrogens with one attached hydrogen (secondary N) is 1. The van der Waals surface area contributed by atoms with E-state index in [9.17, 15) is 14.4 Å². The fourth-order valence-corrected chi connectivity index (χ4v) is 4.12. The van der Waals surface area contributed by atoms with Crippen molar-refractivity contribution in [1.82, 2.24) is 10.3 Å². The van der Waals surface area contributed by atoms with E-state index in [-0.39, 0.29) is 29.1 Å². The summed E-state index contributed by atoms with van der Waals surface area (Å²) in [5.41, 5.74) is 2.69. The van der Waals surface area contributed by atoms with Gasteiger partial charge in [-0.2, -0.15) is 0 Å². The Morgan fingerprint density at radius 1 is 1.12 bits per heavy atom. The highest BCUT2D eigenvalue weighted by Gasteiger charge is 2.43. The van der Waals surface area contributed by atoms with E-state index in [4.69, 9.17) is 9.47 Å². The molecule has 1 unspecified atom stereocenters. The van der Waals surface area contributed by atoms with Crippen LogP contribution in [0.15, 0.2) is 42.6 Å². The zero-order valence-electron chi connectivity index (χ0n) is 18.7. The Morgan fingerprint density at radius 2 is 1.84 bits per heavy atom. The van der Waals surface area contributed by atoms with Crippen LogP contribution in [0.5, 0.6) is 5.75 Å². The lowest BCUT2D eigenvalue weighted by Gasteiger charge is -2.18. The number of hydrogen-bond donors (Lipinski definition) is 1. The summed E-state index contributed by atoms with van der Waals surface area (Å²) in [6, 6.07) is 11.4. The molecule has 3 rings (SSSR count). The highest BCUT2D eigenvalue weighted by atomic mass is 32.2. The van der Waals surface area contributed by atoms with Gasteiger partial charge in [0.25, 0.3) is 5.24 Å². The molecule has 0 bridgehead atoms. The number of aromatic nitrogens is 1. The van der Waals surface area contributed by atoms with E-state index < -0.39 is 4.75 Å². The predicted molar refractivity (Wildman–Crippen MR) is 122 cm³/mol. The zero-order valence-corrected chi connectivity index (χ0v) is 19.5. The SMILES string of the molecule is CC(C)C(=O)O[C@@H](C)c1ccc(CCOc2ccc(CC3(C)SC(=O)NC3=O)cc2)nc1. The van der Waals surface area contributed by atoms with Crippen LogP contribution in [0.2, 0.25) is 0 Å². The van der Waals surface area contributed by atoms with E-state index in [1.165, 1.54) is 0 Å². The molecule has 2 heterocycles. The molecule has 8 heteroatoms. The zero-order chi connectivity index (χ0) is 23.3. The maximum absolute atomic E-state index is 12.0. The van der Waals surface area contributed by atoms with Gasteiger partial charge < -0.3 is 9.47 Å². The predicted octanol–water partition coefficient (Wildman–Crippen LogP) is 4.25. The highest BCUT2D eigenvalue weighted by Crippen LogP contribution is 2.34. The molecule has 32 heavy (non-hydrogen) atoms. The third-order valence-corrected chi connectivity index (χ3v) is 6.25. The molecule has 2 aromatic rings. The van der Waals surface area contributed by atoms with Gasteiger partial charge in [0.05, 0.1) is 12.5 Å². The van der Waals surface area contributed by atoms with Crippen LogP contribution in [0.3, 0.4) is 0 Å². The minimum Gasteiger partial charge on any atom is -0.493 e. The van der Waals surface area contributed by atoms with Gasteiger partial charge in [-0.15, -0.1) is 0 Å². The number of carbonyl (C=O) groups is 3. The number of rotatable bonds is 9. The van der Waals surface area contributed by atoms with Crippen LogP contribution in [0, 0.1) is 5.92 Å². The van der Waals surface area contributed by atoms with Crippen LogP contribution in [-0.2, 0) is 27.2 Å². The Labute approximate surface area is 192 Å². The number of thioether (sulfide) groups is 1. The molecule has 2 atom stereocenters. The van der Waals surface area contributed by atoms with Gasteiger partial charge in [0.1, 0.15) is 16.6 Å². The number of carbonyl (C=O) groups excluding carboxylic acids is 3. The van der Waals surface area contributed by atoms with Gasteiger partial charge in [-0.3, -0.25) is 24.7 Å². The maximum Gasteiger partial charge on any atom is 0.308 e. The van der Waals surface area contributed by atoms with Gasteiger partial charge in [0.15, 0.2) is 0 Å². The van der Waals surface area contributed by atoms with Gasteiger partial charge in [-0.05, 0) is 55.8 Å². The van der Waals surface area contributed by atoms with E-state index in [1.54, 1.807) is 27.0 Å². The van der Waals surface area contributed by atoms with Crippen molar-refractivity contribution in [2.75, 3.05) is 6.61 Å². The summed E-state index contributed by atoms with van der Waals surface area (Å²) in [6.07, 6.45) is 2.50. The molecule has 1 saturated heterocycles. The first-order chi connectivity index (χ1) is 15.2. The second-order valence-corrected chi connectivity index (χ2v) is 9.79. The summed E-state index contributed by atoms with van der Waals surface area (Å²) in [6.45, 7) is 7.68. The molecule has 0 radical (unpaired) electrons. The van der Waals surface area contributed by atoms with Gasteiger partial charge in [-0.25, -0.2) is 0 Å². The molecule has 2 amide bonds. The quantitative estimate of drug-likeness (QED) is 0.564. The smallest absolute Gasteiger partial charge is 0.308 e. The summed E-state index contributed by atoms with van der Waals surface area (Å²) in [7, 11) is 0. The van der Waals surface area contributed by atoms with Crippen molar-refractivity contribution in [2.24, 2.45) is 5.92 Å². The van der Waals surface area contributed by atoms with Crippen LogP contribution < -0.4 is 10.1 Å². The third-order valence-electron chi connectivity index (χ3n) is 5.19. The summed E-state index contributed by atoms with van der Waals surface area (Å²) >= 11 is 1.03. The Kier molecular flexibility index (Phi) is 7.56. The summed E-state index contributed by atoms with van der Waals surface area (Å²) < 4.78 is 10.4. The second-order valence-electron chi connectivity index (χ2n) is 8.31. The van der Waals surface area contributed by atoms with E-state index >= 15 is 0 Å². The Hall–Kier alpha value is -2.87. The summed E-state index contributed by atoms with van der Waals surface area (Å²) in [5.74, 6) is 0.0845. The molecular formula is C24H28N2O5S. The number of pyridine rings is 1. The number of amides is 2. The second kappa shape index (κ2) is 10.2. The van der Waals surface area contributed by atoms with E-state index in [2.05, 4.69) is 10.3 Å². The van der Waals surface area contributed by atoms with Crippen molar-refractivity contribution in [3.8, 4) is 5.75 Å². The molecule has 7 nitrogen and oxygen atoms in total.